The number of nitrogen functional groups attached to an aromatic ring is 1. The summed E-state index contributed by atoms with van der Waals surface area (Å²) in [5.41, 5.74) is 11.4. The summed E-state index contributed by atoms with van der Waals surface area (Å²) in [5.74, 6) is 1.50. The van der Waals surface area contributed by atoms with Crippen LogP contribution >= 0.6 is 11.6 Å². The number of benzene rings is 2. The number of nitrogens with zero attached hydrogens (tertiary/aromatic N) is 2. The number of anilines is 1. The molecular weight excluding hydrogens is 398 g/mol. The molecule has 0 fully saturated rings. The van der Waals surface area contributed by atoms with Gasteiger partial charge in [0.15, 0.2) is 11.5 Å². The van der Waals surface area contributed by atoms with E-state index in [1.54, 1.807) is 7.11 Å². The standard InChI is InChI=1S/C24H22ClN3O2/c1-29-22-12-16(9-10-21(22)30-14-15-5-4-6-17(25)11-15)23-18-7-2-3-8-20(18)28-24(27)19(23)13-26/h4-6,9-12H,2-3,7-8,14H2,1H3,(H2,27,28). The lowest BCUT2D eigenvalue weighted by Gasteiger charge is -2.21. The van der Waals surface area contributed by atoms with Gasteiger partial charge in [-0.2, -0.15) is 5.26 Å². The second kappa shape index (κ2) is 8.64. The quantitative estimate of drug-likeness (QED) is 0.605. The summed E-state index contributed by atoms with van der Waals surface area (Å²) in [5, 5.41) is 10.4. The number of ether oxygens (including phenoxy) is 2. The first-order chi connectivity index (χ1) is 14.6. The lowest BCUT2D eigenvalue weighted by Crippen LogP contribution is -2.12. The van der Waals surface area contributed by atoms with Gasteiger partial charge >= 0.3 is 0 Å². The van der Waals surface area contributed by atoms with Gasteiger partial charge in [-0.15, -0.1) is 0 Å². The third-order valence-electron chi connectivity index (χ3n) is 5.35. The summed E-state index contributed by atoms with van der Waals surface area (Å²) >= 11 is 6.05. The van der Waals surface area contributed by atoms with Crippen LogP contribution in [-0.4, -0.2) is 12.1 Å². The molecule has 6 heteroatoms. The Labute approximate surface area is 181 Å². The van der Waals surface area contributed by atoms with E-state index in [0.29, 0.717) is 28.7 Å². The van der Waals surface area contributed by atoms with Gasteiger partial charge in [-0.25, -0.2) is 4.98 Å². The lowest BCUT2D eigenvalue weighted by atomic mass is 9.86. The molecule has 1 aliphatic carbocycles. The average Bonchev–Trinajstić information content (AvgIpc) is 2.76. The summed E-state index contributed by atoms with van der Waals surface area (Å²) in [6.07, 6.45) is 3.94. The second-order valence-electron chi connectivity index (χ2n) is 7.28. The van der Waals surface area contributed by atoms with Gasteiger partial charge in [0, 0.05) is 16.3 Å². The number of halogens is 1. The normalized spacial score (nSPS) is 12.7. The van der Waals surface area contributed by atoms with E-state index in [-0.39, 0.29) is 5.82 Å². The first-order valence-electron chi connectivity index (χ1n) is 9.87. The van der Waals surface area contributed by atoms with Crippen LogP contribution in [0.3, 0.4) is 0 Å². The van der Waals surface area contributed by atoms with Crippen LogP contribution in [0.15, 0.2) is 42.5 Å². The molecular formula is C24H22ClN3O2. The highest BCUT2D eigenvalue weighted by atomic mass is 35.5. The van der Waals surface area contributed by atoms with Crippen LogP contribution in [-0.2, 0) is 19.4 Å². The van der Waals surface area contributed by atoms with Crippen molar-refractivity contribution in [3.05, 3.63) is 69.9 Å². The first kappa shape index (κ1) is 20.1. The predicted molar refractivity (Wildman–Crippen MR) is 118 cm³/mol. The summed E-state index contributed by atoms with van der Waals surface area (Å²) in [4.78, 5) is 4.49. The van der Waals surface area contributed by atoms with Crippen LogP contribution in [0.2, 0.25) is 5.02 Å². The van der Waals surface area contributed by atoms with Crippen molar-refractivity contribution in [3.63, 3.8) is 0 Å². The van der Waals surface area contributed by atoms with Gasteiger partial charge in [0.25, 0.3) is 0 Å². The van der Waals surface area contributed by atoms with E-state index in [9.17, 15) is 5.26 Å². The molecule has 0 aliphatic heterocycles. The molecule has 0 amide bonds. The maximum Gasteiger partial charge on any atom is 0.161 e. The Morgan fingerprint density at radius 3 is 2.73 bits per heavy atom. The van der Waals surface area contributed by atoms with Crippen LogP contribution in [0.5, 0.6) is 11.5 Å². The van der Waals surface area contributed by atoms with E-state index in [4.69, 9.17) is 26.8 Å². The fraction of sp³-hybridized carbons (Fsp3) is 0.250. The van der Waals surface area contributed by atoms with Crippen molar-refractivity contribution >= 4 is 17.4 Å². The van der Waals surface area contributed by atoms with Crippen molar-refractivity contribution in [1.29, 1.82) is 5.26 Å². The molecule has 0 radical (unpaired) electrons. The van der Waals surface area contributed by atoms with Gasteiger partial charge in [0.2, 0.25) is 0 Å². The minimum atomic E-state index is 0.286. The number of hydrogen-bond donors (Lipinski definition) is 1. The highest BCUT2D eigenvalue weighted by Gasteiger charge is 2.22. The molecule has 0 spiro atoms. The molecule has 2 aromatic carbocycles. The number of aryl methyl sites for hydroxylation is 1. The number of nitrogens with two attached hydrogens (primary N) is 1. The molecule has 0 unspecified atom stereocenters. The molecule has 2 N–H and O–H groups in total. The minimum Gasteiger partial charge on any atom is -0.493 e. The van der Waals surface area contributed by atoms with Gasteiger partial charge in [0.1, 0.15) is 24.1 Å². The van der Waals surface area contributed by atoms with Gasteiger partial charge in [-0.05, 0) is 66.6 Å². The monoisotopic (exact) mass is 419 g/mol. The van der Waals surface area contributed by atoms with Gasteiger partial charge in [-0.3, -0.25) is 0 Å². The topological polar surface area (TPSA) is 81.2 Å². The summed E-state index contributed by atoms with van der Waals surface area (Å²) in [6, 6.07) is 15.5. The van der Waals surface area contributed by atoms with Crippen molar-refractivity contribution < 1.29 is 9.47 Å². The largest absolute Gasteiger partial charge is 0.493 e. The Kier molecular flexibility index (Phi) is 5.78. The Morgan fingerprint density at radius 1 is 1.13 bits per heavy atom. The van der Waals surface area contributed by atoms with E-state index in [0.717, 1.165) is 53.6 Å². The number of fused-ring (bicyclic) bond motifs is 1. The van der Waals surface area contributed by atoms with E-state index < -0.39 is 0 Å². The van der Waals surface area contributed by atoms with Crippen LogP contribution < -0.4 is 15.2 Å². The Morgan fingerprint density at radius 2 is 1.97 bits per heavy atom. The summed E-state index contributed by atoms with van der Waals surface area (Å²) in [6.45, 7) is 0.372. The molecule has 4 rings (SSSR count). The van der Waals surface area contributed by atoms with Crippen LogP contribution in [0.4, 0.5) is 5.82 Å². The van der Waals surface area contributed by atoms with Crippen molar-refractivity contribution in [2.24, 2.45) is 0 Å². The van der Waals surface area contributed by atoms with E-state index >= 15 is 0 Å². The SMILES string of the molecule is COc1cc(-c2c(C#N)c(N)nc3c2CCCC3)ccc1OCc1cccc(Cl)c1. The number of nitriles is 1. The second-order valence-corrected chi connectivity index (χ2v) is 7.71. The summed E-state index contributed by atoms with van der Waals surface area (Å²) in [7, 11) is 1.60. The van der Waals surface area contributed by atoms with Crippen molar-refractivity contribution in [1.82, 2.24) is 4.98 Å². The fourth-order valence-corrected chi connectivity index (χ4v) is 4.14. The Balaban J connectivity index is 1.71. The number of pyridine rings is 1. The maximum atomic E-state index is 9.74. The highest BCUT2D eigenvalue weighted by molar-refractivity contribution is 6.30. The molecule has 152 valence electrons. The van der Waals surface area contributed by atoms with Gasteiger partial charge in [0.05, 0.1) is 7.11 Å². The zero-order valence-corrected chi connectivity index (χ0v) is 17.5. The minimum absolute atomic E-state index is 0.286. The Hall–Kier alpha value is -3.23. The first-order valence-corrected chi connectivity index (χ1v) is 10.3. The summed E-state index contributed by atoms with van der Waals surface area (Å²) < 4.78 is 11.6. The molecule has 0 bridgehead atoms. The lowest BCUT2D eigenvalue weighted by molar-refractivity contribution is 0.284. The molecule has 1 aliphatic rings. The smallest absolute Gasteiger partial charge is 0.161 e. The molecule has 0 saturated carbocycles. The third kappa shape index (κ3) is 3.92. The number of hydrogen-bond acceptors (Lipinski definition) is 5. The zero-order chi connectivity index (χ0) is 21.1. The van der Waals surface area contributed by atoms with E-state index in [1.807, 2.05) is 42.5 Å². The van der Waals surface area contributed by atoms with Gasteiger partial charge < -0.3 is 15.2 Å². The van der Waals surface area contributed by atoms with Crippen molar-refractivity contribution in [2.75, 3.05) is 12.8 Å². The number of methoxy groups -OCH3 is 1. The molecule has 5 nitrogen and oxygen atoms in total. The molecule has 0 saturated heterocycles. The molecule has 1 aromatic heterocycles. The fourth-order valence-electron chi connectivity index (χ4n) is 3.92. The molecule has 3 aromatic rings. The zero-order valence-electron chi connectivity index (χ0n) is 16.7. The molecule has 30 heavy (non-hydrogen) atoms. The maximum absolute atomic E-state index is 9.74. The third-order valence-corrected chi connectivity index (χ3v) is 5.58. The van der Waals surface area contributed by atoms with Crippen molar-refractivity contribution in [2.45, 2.75) is 32.3 Å². The van der Waals surface area contributed by atoms with Gasteiger partial charge in [-0.1, -0.05) is 29.8 Å². The molecule has 1 heterocycles. The van der Waals surface area contributed by atoms with Crippen LogP contribution in [0.25, 0.3) is 11.1 Å². The average molecular weight is 420 g/mol. The van der Waals surface area contributed by atoms with E-state index in [2.05, 4.69) is 11.1 Å². The van der Waals surface area contributed by atoms with Crippen LogP contribution in [0.1, 0.15) is 35.2 Å². The predicted octanol–water partition coefficient (Wildman–Crippen LogP) is 5.32. The number of rotatable bonds is 5. The van der Waals surface area contributed by atoms with Crippen molar-refractivity contribution in [3.8, 4) is 28.7 Å². The Bertz CT molecular complexity index is 1140. The molecule has 0 atom stereocenters. The van der Waals surface area contributed by atoms with Crippen LogP contribution in [0, 0.1) is 11.3 Å². The number of aromatic nitrogens is 1. The van der Waals surface area contributed by atoms with E-state index in [1.165, 1.54) is 0 Å². The highest BCUT2D eigenvalue weighted by Crippen LogP contribution is 2.39.